The van der Waals surface area contributed by atoms with Crippen LogP contribution in [0.1, 0.15) is 36.8 Å². The highest BCUT2D eigenvalue weighted by atomic mass is 14.9. The van der Waals surface area contributed by atoms with E-state index in [1.165, 1.54) is 0 Å². The van der Waals surface area contributed by atoms with Gasteiger partial charge in [0, 0.05) is 18.7 Å². The first-order valence-corrected chi connectivity index (χ1v) is 5.18. The standard InChI is InChI=1S/C12H17N3/c1-4-5-6-7-11(13-3)12-8-9-14-10(2)15-12/h1,8-9,11,13H,5-7H2,2-3H3. The molecule has 0 amide bonds. The van der Waals surface area contributed by atoms with Gasteiger partial charge in [-0.25, -0.2) is 9.97 Å². The van der Waals surface area contributed by atoms with Crippen LogP contribution in [0.25, 0.3) is 0 Å². The third-order valence-electron chi connectivity index (χ3n) is 2.32. The van der Waals surface area contributed by atoms with Crippen molar-refractivity contribution in [2.75, 3.05) is 7.05 Å². The molecule has 0 aromatic carbocycles. The Balaban J connectivity index is 2.62. The molecule has 0 aliphatic heterocycles. The van der Waals surface area contributed by atoms with Gasteiger partial charge in [-0.1, -0.05) is 0 Å². The Bertz CT molecular complexity index is 341. The van der Waals surface area contributed by atoms with Crippen LogP contribution in [0, 0.1) is 19.3 Å². The first-order valence-electron chi connectivity index (χ1n) is 5.18. The van der Waals surface area contributed by atoms with E-state index in [2.05, 4.69) is 21.2 Å². The molecule has 1 rings (SSSR count). The zero-order valence-electron chi connectivity index (χ0n) is 9.33. The van der Waals surface area contributed by atoms with Crippen molar-refractivity contribution >= 4 is 0 Å². The van der Waals surface area contributed by atoms with Crippen molar-refractivity contribution in [1.29, 1.82) is 0 Å². The fourth-order valence-electron chi connectivity index (χ4n) is 1.52. The number of nitrogens with zero attached hydrogens (tertiary/aromatic N) is 2. The summed E-state index contributed by atoms with van der Waals surface area (Å²) in [7, 11) is 1.94. The van der Waals surface area contributed by atoms with Crippen LogP contribution < -0.4 is 5.32 Å². The van der Waals surface area contributed by atoms with E-state index >= 15 is 0 Å². The van der Waals surface area contributed by atoms with Crippen molar-refractivity contribution in [3.63, 3.8) is 0 Å². The van der Waals surface area contributed by atoms with Crippen molar-refractivity contribution in [2.45, 2.75) is 32.2 Å². The number of hydrogen-bond acceptors (Lipinski definition) is 3. The van der Waals surface area contributed by atoms with E-state index in [1.54, 1.807) is 6.20 Å². The van der Waals surface area contributed by atoms with Gasteiger partial charge in [0.25, 0.3) is 0 Å². The molecule has 1 aromatic rings. The topological polar surface area (TPSA) is 37.8 Å². The molecule has 3 nitrogen and oxygen atoms in total. The maximum absolute atomic E-state index is 5.22. The Kier molecular flexibility index (Phi) is 4.79. The molecular formula is C12H17N3. The second kappa shape index (κ2) is 6.15. The Labute approximate surface area is 91.3 Å². The van der Waals surface area contributed by atoms with Gasteiger partial charge in [-0.15, -0.1) is 12.3 Å². The van der Waals surface area contributed by atoms with Gasteiger partial charge in [0.05, 0.1) is 5.69 Å². The molecule has 0 saturated carbocycles. The van der Waals surface area contributed by atoms with Crippen LogP contribution in [-0.2, 0) is 0 Å². The van der Waals surface area contributed by atoms with Crippen molar-refractivity contribution < 1.29 is 0 Å². The van der Waals surface area contributed by atoms with Gasteiger partial charge in [0.15, 0.2) is 0 Å². The van der Waals surface area contributed by atoms with Crippen molar-refractivity contribution in [3.05, 3.63) is 23.8 Å². The van der Waals surface area contributed by atoms with E-state index in [0.717, 1.165) is 30.8 Å². The number of unbranched alkanes of at least 4 members (excludes halogenated alkanes) is 1. The summed E-state index contributed by atoms with van der Waals surface area (Å²) in [5.74, 6) is 3.46. The van der Waals surface area contributed by atoms with E-state index in [1.807, 2.05) is 20.0 Å². The quantitative estimate of drug-likeness (QED) is 0.586. The van der Waals surface area contributed by atoms with E-state index in [-0.39, 0.29) is 6.04 Å². The third-order valence-corrected chi connectivity index (χ3v) is 2.32. The summed E-state index contributed by atoms with van der Waals surface area (Å²) < 4.78 is 0. The molecule has 1 heterocycles. The van der Waals surface area contributed by atoms with Crippen LogP contribution in [0.2, 0.25) is 0 Å². The van der Waals surface area contributed by atoms with Gasteiger partial charge in [-0.3, -0.25) is 0 Å². The van der Waals surface area contributed by atoms with E-state index in [4.69, 9.17) is 6.42 Å². The van der Waals surface area contributed by atoms with Gasteiger partial charge >= 0.3 is 0 Å². The second-order valence-corrected chi connectivity index (χ2v) is 3.47. The van der Waals surface area contributed by atoms with E-state index < -0.39 is 0 Å². The van der Waals surface area contributed by atoms with Crippen LogP contribution in [-0.4, -0.2) is 17.0 Å². The molecule has 0 spiro atoms. The molecule has 1 N–H and O–H groups in total. The summed E-state index contributed by atoms with van der Waals surface area (Å²) in [4.78, 5) is 8.48. The lowest BCUT2D eigenvalue weighted by Gasteiger charge is -2.14. The maximum Gasteiger partial charge on any atom is 0.125 e. The lowest BCUT2D eigenvalue weighted by molar-refractivity contribution is 0.517. The zero-order chi connectivity index (χ0) is 11.1. The largest absolute Gasteiger partial charge is 0.312 e. The smallest absolute Gasteiger partial charge is 0.125 e. The predicted molar refractivity (Wildman–Crippen MR) is 61.3 cm³/mol. The lowest BCUT2D eigenvalue weighted by Crippen LogP contribution is -2.18. The molecule has 0 saturated heterocycles. The van der Waals surface area contributed by atoms with Crippen LogP contribution in [0.3, 0.4) is 0 Å². The second-order valence-electron chi connectivity index (χ2n) is 3.47. The predicted octanol–water partition coefficient (Wildman–Crippen LogP) is 1.85. The normalized spacial score (nSPS) is 12.1. The lowest BCUT2D eigenvalue weighted by atomic mass is 10.1. The Morgan fingerprint density at radius 1 is 1.60 bits per heavy atom. The third kappa shape index (κ3) is 3.69. The van der Waals surface area contributed by atoms with Gasteiger partial charge < -0.3 is 5.32 Å². The molecule has 1 unspecified atom stereocenters. The molecule has 80 valence electrons. The number of aromatic nitrogens is 2. The summed E-state index contributed by atoms with van der Waals surface area (Å²) >= 11 is 0. The number of terminal acetylenes is 1. The number of aryl methyl sites for hydroxylation is 1. The summed E-state index contributed by atoms with van der Waals surface area (Å²) in [6, 6.07) is 2.23. The Hall–Kier alpha value is -1.40. The van der Waals surface area contributed by atoms with Gasteiger partial charge in [-0.2, -0.15) is 0 Å². The molecule has 15 heavy (non-hydrogen) atoms. The van der Waals surface area contributed by atoms with Crippen molar-refractivity contribution in [1.82, 2.24) is 15.3 Å². The highest BCUT2D eigenvalue weighted by Gasteiger charge is 2.09. The number of rotatable bonds is 5. The molecule has 1 aromatic heterocycles. The Morgan fingerprint density at radius 3 is 3.00 bits per heavy atom. The van der Waals surface area contributed by atoms with E-state index in [9.17, 15) is 0 Å². The zero-order valence-corrected chi connectivity index (χ0v) is 9.33. The molecule has 3 heteroatoms. The van der Waals surface area contributed by atoms with Crippen LogP contribution in [0.5, 0.6) is 0 Å². The fourth-order valence-corrected chi connectivity index (χ4v) is 1.52. The first-order chi connectivity index (χ1) is 7.27. The van der Waals surface area contributed by atoms with Crippen LogP contribution >= 0.6 is 0 Å². The first kappa shape index (κ1) is 11.7. The summed E-state index contributed by atoms with van der Waals surface area (Å²) in [6.45, 7) is 1.90. The van der Waals surface area contributed by atoms with Gasteiger partial charge in [-0.05, 0) is 32.9 Å². The molecule has 0 fully saturated rings. The molecule has 0 aliphatic rings. The van der Waals surface area contributed by atoms with E-state index in [0.29, 0.717) is 0 Å². The molecule has 1 atom stereocenters. The minimum atomic E-state index is 0.278. The van der Waals surface area contributed by atoms with Crippen LogP contribution in [0.4, 0.5) is 0 Å². The monoisotopic (exact) mass is 203 g/mol. The summed E-state index contributed by atoms with van der Waals surface area (Å²) in [5.41, 5.74) is 1.04. The number of nitrogens with one attached hydrogen (secondary N) is 1. The minimum Gasteiger partial charge on any atom is -0.312 e. The SMILES string of the molecule is C#CCCCC(NC)c1ccnc(C)n1. The summed E-state index contributed by atoms with van der Waals surface area (Å²) in [5, 5.41) is 3.25. The van der Waals surface area contributed by atoms with Crippen molar-refractivity contribution in [2.24, 2.45) is 0 Å². The fraction of sp³-hybridized carbons (Fsp3) is 0.500. The molecule has 0 bridgehead atoms. The summed E-state index contributed by atoms with van der Waals surface area (Å²) in [6.07, 6.45) is 9.87. The average Bonchev–Trinajstić information content (AvgIpc) is 2.24. The highest BCUT2D eigenvalue weighted by Crippen LogP contribution is 2.16. The van der Waals surface area contributed by atoms with Gasteiger partial charge in [0.1, 0.15) is 5.82 Å². The Morgan fingerprint density at radius 2 is 2.40 bits per heavy atom. The minimum absolute atomic E-state index is 0.278. The number of hydrogen-bond donors (Lipinski definition) is 1. The average molecular weight is 203 g/mol. The van der Waals surface area contributed by atoms with Crippen molar-refractivity contribution in [3.8, 4) is 12.3 Å². The molecule has 0 radical (unpaired) electrons. The highest BCUT2D eigenvalue weighted by molar-refractivity contribution is 5.07. The molecular weight excluding hydrogens is 186 g/mol. The maximum atomic E-state index is 5.22. The van der Waals surface area contributed by atoms with Crippen LogP contribution in [0.15, 0.2) is 12.3 Å². The van der Waals surface area contributed by atoms with Gasteiger partial charge in [0.2, 0.25) is 0 Å². The molecule has 0 aliphatic carbocycles.